The summed E-state index contributed by atoms with van der Waals surface area (Å²) in [6.45, 7) is 8.48. The molecule has 0 aliphatic carbocycles. The van der Waals surface area contributed by atoms with Crippen LogP contribution >= 0.6 is 0 Å². The van der Waals surface area contributed by atoms with E-state index in [1.165, 1.54) is 6.33 Å². The van der Waals surface area contributed by atoms with Gasteiger partial charge in [-0.05, 0) is 32.3 Å². The van der Waals surface area contributed by atoms with Crippen LogP contribution in [0.5, 0.6) is 5.88 Å². The molecule has 1 amide bonds. The Bertz CT molecular complexity index is 777. The monoisotopic (exact) mass is 359 g/mol. The molecule has 8 heteroatoms. The fourth-order valence-electron chi connectivity index (χ4n) is 2.77. The first kappa shape index (κ1) is 19.6. The smallest absolute Gasteiger partial charge is 0.410 e. The third-order valence-electron chi connectivity index (χ3n) is 3.64. The molecule has 2 rings (SSSR count). The molecule has 8 nitrogen and oxygen atoms in total. The van der Waals surface area contributed by atoms with Gasteiger partial charge in [-0.25, -0.2) is 19.7 Å². The molecule has 2 aromatic heterocycles. The van der Waals surface area contributed by atoms with Crippen LogP contribution in [-0.2, 0) is 0 Å². The maximum Gasteiger partial charge on any atom is 0.410 e. The Morgan fingerprint density at radius 3 is 2.69 bits per heavy atom. The van der Waals surface area contributed by atoms with Crippen LogP contribution in [0.15, 0.2) is 24.7 Å². The highest BCUT2D eigenvalue weighted by atomic mass is 16.5. The van der Waals surface area contributed by atoms with Crippen molar-refractivity contribution < 1.29 is 14.6 Å². The highest BCUT2D eigenvalue weighted by molar-refractivity contribution is 5.82. The average Bonchev–Trinajstić information content (AvgIpc) is 2.52. The topological polar surface area (TPSA) is 123 Å². The Morgan fingerprint density at radius 1 is 1.35 bits per heavy atom. The first-order valence-corrected chi connectivity index (χ1v) is 8.37. The van der Waals surface area contributed by atoms with Gasteiger partial charge < -0.3 is 15.6 Å². The van der Waals surface area contributed by atoms with E-state index in [1.54, 1.807) is 12.3 Å². The van der Waals surface area contributed by atoms with Crippen LogP contribution in [0.4, 0.5) is 10.6 Å². The zero-order valence-corrected chi connectivity index (χ0v) is 15.5. The summed E-state index contributed by atoms with van der Waals surface area (Å²) in [5.41, 5.74) is 7.99. The molecule has 0 aliphatic rings. The lowest BCUT2D eigenvalue weighted by Crippen LogP contribution is -2.43. The second kappa shape index (κ2) is 8.09. The molecule has 26 heavy (non-hydrogen) atoms. The van der Waals surface area contributed by atoms with E-state index in [2.05, 4.69) is 34.1 Å². The summed E-state index contributed by atoms with van der Waals surface area (Å²) in [5.74, 6) is 1.21. The predicted octanol–water partition coefficient (Wildman–Crippen LogP) is 3.08. The van der Waals surface area contributed by atoms with E-state index < -0.39 is 11.6 Å². The van der Waals surface area contributed by atoms with Gasteiger partial charge in [0.05, 0.1) is 5.69 Å². The van der Waals surface area contributed by atoms with Crippen LogP contribution < -0.4 is 15.8 Å². The number of anilines is 1. The zero-order valence-electron chi connectivity index (χ0n) is 15.5. The molecule has 0 saturated carbocycles. The van der Waals surface area contributed by atoms with Gasteiger partial charge in [0.1, 0.15) is 18.8 Å². The van der Waals surface area contributed by atoms with Crippen LogP contribution in [0.2, 0.25) is 0 Å². The van der Waals surface area contributed by atoms with Gasteiger partial charge in [-0.3, -0.25) is 5.32 Å². The molecule has 2 heterocycles. The first-order valence-electron chi connectivity index (χ1n) is 8.37. The van der Waals surface area contributed by atoms with Crippen LogP contribution in [0.3, 0.4) is 0 Å². The number of nitrogens with one attached hydrogen (secondary N) is 1. The Labute approximate surface area is 152 Å². The number of carboxylic acid groups (broad SMARTS) is 1. The molecule has 0 fully saturated rings. The van der Waals surface area contributed by atoms with Crippen molar-refractivity contribution in [1.29, 1.82) is 0 Å². The second-order valence-electron chi connectivity index (χ2n) is 7.11. The van der Waals surface area contributed by atoms with Crippen molar-refractivity contribution >= 4 is 11.9 Å². The fourth-order valence-corrected chi connectivity index (χ4v) is 2.77. The lowest BCUT2D eigenvalue weighted by Gasteiger charge is -2.26. The molecule has 0 bridgehead atoms. The largest absolute Gasteiger partial charge is 0.476 e. The molecule has 0 radical (unpaired) electrons. The second-order valence-corrected chi connectivity index (χ2v) is 7.11. The van der Waals surface area contributed by atoms with E-state index >= 15 is 0 Å². The fraction of sp³-hybridized carbons (Fsp3) is 0.444. The molecule has 0 aliphatic heterocycles. The van der Waals surface area contributed by atoms with Crippen LogP contribution in [0.1, 0.15) is 32.8 Å². The van der Waals surface area contributed by atoms with Crippen molar-refractivity contribution in [2.75, 3.05) is 11.9 Å². The number of hydrogen-bond acceptors (Lipinski definition) is 6. The number of amides is 1. The van der Waals surface area contributed by atoms with Crippen molar-refractivity contribution in [3.8, 4) is 17.1 Å². The Kier molecular flexibility index (Phi) is 6.10. The van der Waals surface area contributed by atoms with Crippen LogP contribution in [-0.4, -0.2) is 38.3 Å². The number of rotatable bonds is 7. The van der Waals surface area contributed by atoms with Gasteiger partial charge in [-0.2, -0.15) is 0 Å². The first-order chi connectivity index (χ1) is 12.2. The number of hydrogen-bond donors (Lipinski definition) is 3. The SMILES string of the molecule is Cc1cc(-c2cc(NC(=O)O)ncn2)cnc1OCC(C)(N)CC(C)C. The van der Waals surface area contributed by atoms with Gasteiger partial charge in [0.25, 0.3) is 0 Å². The number of carbonyl (C=O) groups is 1. The van der Waals surface area contributed by atoms with Gasteiger partial charge in [0.15, 0.2) is 0 Å². The minimum absolute atomic E-state index is 0.202. The quantitative estimate of drug-likeness (QED) is 0.694. The number of aryl methyl sites for hydroxylation is 1. The summed E-state index contributed by atoms with van der Waals surface area (Å²) in [6, 6.07) is 3.43. The van der Waals surface area contributed by atoms with E-state index in [4.69, 9.17) is 15.6 Å². The Balaban J connectivity index is 2.13. The summed E-state index contributed by atoms with van der Waals surface area (Å²) < 4.78 is 5.81. The van der Waals surface area contributed by atoms with Gasteiger partial charge >= 0.3 is 6.09 Å². The maximum atomic E-state index is 10.7. The Morgan fingerprint density at radius 2 is 2.08 bits per heavy atom. The van der Waals surface area contributed by atoms with Crippen LogP contribution in [0.25, 0.3) is 11.3 Å². The number of pyridine rings is 1. The highest BCUT2D eigenvalue weighted by Crippen LogP contribution is 2.24. The standard InChI is InChI=1S/C18H25N5O3/c1-11(2)7-18(4,19)9-26-16-12(3)5-13(8-20-16)14-6-15(22-10-21-14)23-17(24)25/h5-6,8,10-11H,7,9,19H2,1-4H3,(H,24,25)(H,21,22,23). The van der Waals surface area contributed by atoms with Crippen molar-refractivity contribution in [2.24, 2.45) is 11.7 Å². The summed E-state index contributed by atoms with van der Waals surface area (Å²) in [7, 11) is 0. The van der Waals surface area contributed by atoms with E-state index in [-0.39, 0.29) is 5.82 Å². The average molecular weight is 359 g/mol. The van der Waals surface area contributed by atoms with Crippen molar-refractivity contribution in [3.05, 3.63) is 30.2 Å². The third-order valence-corrected chi connectivity index (χ3v) is 3.64. The van der Waals surface area contributed by atoms with Crippen molar-refractivity contribution in [2.45, 2.75) is 39.7 Å². The van der Waals surface area contributed by atoms with E-state index in [0.717, 1.165) is 17.5 Å². The van der Waals surface area contributed by atoms with Gasteiger partial charge in [0.2, 0.25) is 5.88 Å². The minimum Gasteiger partial charge on any atom is -0.476 e. The zero-order chi connectivity index (χ0) is 19.3. The summed E-state index contributed by atoms with van der Waals surface area (Å²) >= 11 is 0. The Hall–Kier alpha value is -2.74. The minimum atomic E-state index is -1.18. The summed E-state index contributed by atoms with van der Waals surface area (Å²) in [4.78, 5) is 23.1. The highest BCUT2D eigenvalue weighted by Gasteiger charge is 2.21. The lowest BCUT2D eigenvalue weighted by molar-refractivity contribution is 0.199. The predicted molar refractivity (Wildman–Crippen MR) is 99.2 cm³/mol. The summed E-state index contributed by atoms with van der Waals surface area (Å²) in [5, 5.41) is 11.0. The van der Waals surface area contributed by atoms with E-state index in [9.17, 15) is 4.79 Å². The molecular weight excluding hydrogens is 334 g/mol. The van der Waals surface area contributed by atoms with Crippen LogP contribution in [0, 0.1) is 12.8 Å². The maximum absolute atomic E-state index is 10.7. The van der Waals surface area contributed by atoms with Gasteiger partial charge in [0, 0.05) is 28.9 Å². The van der Waals surface area contributed by atoms with Crippen molar-refractivity contribution in [3.63, 3.8) is 0 Å². The van der Waals surface area contributed by atoms with E-state index in [0.29, 0.717) is 24.1 Å². The molecule has 0 aromatic carbocycles. The summed E-state index contributed by atoms with van der Waals surface area (Å²) in [6.07, 6.45) is 2.60. The molecule has 0 saturated heterocycles. The normalized spacial score (nSPS) is 13.3. The molecule has 2 aromatic rings. The lowest BCUT2D eigenvalue weighted by atomic mass is 9.93. The van der Waals surface area contributed by atoms with E-state index in [1.807, 2.05) is 19.9 Å². The molecule has 1 atom stereocenters. The third kappa shape index (κ3) is 5.66. The molecule has 140 valence electrons. The van der Waals surface area contributed by atoms with Gasteiger partial charge in [-0.1, -0.05) is 13.8 Å². The number of nitrogens with two attached hydrogens (primary N) is 1. The van der Waals surface area contributed by atoms with Gasteiger partial charge in [-0.15, -0.1) is 0 Å². The molecule has 4 N–H and O–H groups in total. The number of ether oxygens (including phenoxy) is 1. The van der Waals surface area contributed by atoms with Crippen molar-refractivity contribution in [1.82, 2.24) is 15.0 Å². The number of nitrogens with zero attached hydrogens (tertiary/aromatic N) is 3. The molecular formula is C18H25N5O3. The number of aromatic nitrogens is 3. The molecule has 1 unspecified atom stereocenters. The molecule has 0 spiro atoms.